The molecule has 2 N–H and O–H groups in total. The van der Waals surface area contributed by atoms with Crippen LogP contribution in [0.5, 0.6) is 11.6 Å². The van der Waals surface area contributed by atoms with Gasteiger partial charge in [0.05, 0.1) is 12.6 Å². The molecule has 0 saturated carbocycles. The highest BCUT2D eigenvalue weighted by Crippen LogP contribution is 2.31. The van der Waals surface area contributed by atoms with Gasteiger partial charge in [-0.2, -0.15) is 4.98 Å². The number of hydrogen-bond acceptors (Lipinski definition) is 6. The van der Waals surface area contributed by atoms with Crippen LogP contribution in [-0.4, -0.2) is 21.8 Å². The van der Waals surface area contributed by atoms with Crippen LogP contribution in [0.2, 0.25) is 0 Å². The van der Waals surface area contributed by atoms with Crippen molar-refractivity contribution < 1.29 is 9.84 Å². The van der Waals surface area contributed by atoms with Crippen LogP contribution in [-0.2, 0) is 6.54 Å². The zero-order valence-electron chi connectivity index (χ0n) is 16.3. The fourth-order valence-corrected chi connectivity index (χ4v) is 2.90. The monoisotopic (exact) mass is 376 g/mol. The fourth-order valence-electron chi connectivity index (χ4n) is 2.90. The Balaban J connectivity index is 1.77. The molecule has 6 nitrogen and oxygen atoms in total. The Morgan fingerprint density at radius 1 is 1.14 bits per heavy atom. The first kappa shape index (κ1) is 19.5. The molecule has 28 heavy (non-hydrogen) atoms. The van der Waals surface area contributed by atoms with Gasteiger partial charge in [0, 0.05) is 18.0 Å². The number of rotatable bonds is 7. The van der Waals surface area contributed by atoms with Gasteiger partial charge in [-0.1, -0.05) is 12.1 Å². The zero-order valence-corrected chi connectivity index (χ0v) is 16.3. The Labute approximate surface area is 165 Å². The molecule has 2 aromatic carbocycles. The van der Waals surface area contributed by atoms with E-state index in [1.807, 2.05) is 50.2 Å². The van der Waals surface area contributed by atoms with Crippen molar-refractivity contribution in [1.29, 1.82) is 0 Å². The maximum Gasteiger partial charge on any atom is 0.230 e. The predicted molar refractivity (Wildman–Crippen MR) is 112 cm³/mol. The summed E-state index contributed by atoms with van der Waals surface area (Å²) in [5.41, 5.74) is 4.71. The molecule has 0 bridgehead atoms. The van der Waals surface area contributed by atoms with Crippen molar-refractivity contribution >= 4 is 18.4 Å². The van der Waals surface area contributed by atoms with E-state index in [2.05, 4.69) is 27.0 Å². The van der Waals surface area contributed by atoms with Gasteiger partial charge in [-0.3, -0.25) is 4.99 Å². The number of aliphatic hydroxyl groups excluding tert-OH is 1. The zero-order chi connectivity index (χ0) is 20.1. The lowest BCUT2D eigenvalue weighted by Gasteiger charge is -2.15. The van der Waals surface area contributed by atoms with Gasteiger partial charge in [0.1, 0.15) is 5.75 Å². The summed E-state index contributed by atoms with van der Waals surface area (Å²) in [5, 5.41) is 13.0. The molecule has 0 aliphatic rings. The molecule has 0 spiro atoms. The van der Waals surface area contributed by atoms with E-state index in [-0.39, 0.29) is 0 Å². The quantitative estimate of drug-likeness (QED) is 0.574. The predicted octanol–water partition coefficient (Wildman–Crippen LogP) is 4.88. The van der Waals surface area contributed by atoms with Crippen LogP contribution < -0.4 is 10.1 Å². The van der Waals surface area contributed by atoms with Crippen molar-refractivity contribution in [2.75, 3.05) is 5.32 Å². The van der Waals surface area contributed by atoms with Gasteiger partial charge in [0.2, 0.25) is 11.8 Å². The third kappa shape index (κ3) is 4.72. The molecule has 1 atom stereocenters. The minimum absolute atomic E-state index is 0.445. The largest absolute Gasteiger partial charge is 0.438 e. The van der Waals surface area contributed by atoms with Crippen LogP contribution in [0.3, 0.4) is 0 Å². The van der Waals surface area contributed by atoms with Crippen molar-refractivity contribution in [3.63, 3.8) is 0 Å². The normalized spacial score (nSPS) is 11.7. The molecule has 3 rings (SSSR count). The Morgan fingerprint density at radius 3 is 2.43 bits per heavy atom. The van der Waals surface area contributed by atoms with Gasteiger partial charge in [0.25, 0.3) is 0 Å². The van der Waals surface area contributed by atoms with Gasteiger partial charge in [-0.25, -0.2) is 4.98 Å². The molecule has 0 amide bonds. The Hall–Kier alpha value is -3.25. The Bertz CT molecular complexity index is 946. The summed E-state index contributed by atoms with van der Waals surface area (Å²) in [5.74, 6) is 1.62. The molecule has 0 radical (unpaired) electrons. The third-order valence-electron chi connectivity index (χ3n) is 4.31. The first-order chi connectivity index (χ1) is 13.5. The Kier molecular flexibility index (Phi) is 6.01. The van der Waals surface area contributed by atoms with E-state index < -0.39 is 6.10 Å². The molecule has 1 aromatic heterocycles. The summed E-state index contributed by atoms with van der Waals surface area (Å²) in [6, 6.07) is 13.4. The van der Waals surface area contributed by atoms with Gasteiger partial charge in [-0.15, -0.1) is 0 Å². The highest BCUT2D eigenvalue weighted by atomic mass is 16.5. The van der Waals surface area contributed by atoms with E-state index in [1.165, 1.54) is 0 Å². The highest BCUT2D eigenvalue weighted by molar-refractivity contribution is 5.54. The third-order valence-corrected chi connectivity index (χ3v) is 4.31. The average Bonchev–Trinajstić information content (AvgIpc) is 2.66. The van der Waals surface area contributed by atoms with Gasteiger partial charge >= 0.3 is 0 Å². The first-order valence-corrected chi connectivity index (χ1v) is 9.05. The molecule has 1 unspecified atom stereocenters. The number of ether oxygens (including phenoxy) is 1. The van der Waals surface area contributed by atoms with Crippen LogP contribution in [0.25, 0.3) is 0 Å². The van der Waals surface area contributed by atoms with E-state index in [1.54, 1.807) is 19.2 Å². The molecular formula is C22H24N4O2. The second-order valence-corrected chi connectivity index (χ2v) is 6.68. The van der Waals surface area contributed by atoms with E-state index in [9.17, 15) is 5.11 Å². The lowest BCUT2D eigenvalue weighted by molar-refractivity contribution is 0.199. The molecule has 0 saturated heterocycles. The number of nitrogens with zero attached hydrogens (tertiary/aromatic N) is 3. The molecule has 0 aliphatic carbocycles. The second kappa shape index (κ2) is 8.63. The SMILES string of the molecule is C=NCc1ccc(Nc2nccc(Oc3c(C)cc(C(C)O)cc3C)n2)cc1. The fraction of sp³-hybridized carbons (Fsp3) is 0.227. The average molecular weight is 376 g/mol. The number of anilines is 2. The van der Waals surface area contributed by atoms with Crippen LogP contribution in [0.4, 0.5) is 11.6 Å². The van der Waals surface area contributed by atoms with E-state index in [0.29, 0.717) is 18.4 Å². The number of nitrogens with one attached hydrogen (secondary N) is 1. The summed E-state index contributed by atoms with van der Waals surface area (Å²) in [6.45, 7) is 9.75. The number of aromatic nitrogens is 2. The lowest BCUT2D eigenvalue weighted by Crippen LogP contribution is -2.01. The van der Waals surface area contributed by atoms with Crippen molar-refractivity contribution in [3.05, 3.63) is 70.9 Å². The maximum absolute atomic E-state index is 9.80. The van der Waals surface area contributed by atoms with Crippen molar-refractivity contribution in [2.45, 2.75) is 33.4 Å². The number of benzene rings is 2. The van der Waals surface area contributed by atoms with Gasteiger partial charge < -0.3 is 15.2 Å². The van der Waals surface area contributed by atoms with Gasteiger partial charge in [0.15, 0.2) is 0 Å². The molecule has 144 valence electrons. The summed E-state index contributed by atoms with van der Waals surface area (Å²) >= 11 is 0. The highest BCUT2D eigenvalue weighted by Gasteiger charge is 2.11. The lowest BCUT2D eigenvalue weighted by atomic mass is 10.0. The molecule has 3 aromatic rings. The summed E-state index contributed by atoms with van der Waals surface area (Å²) in [6.07, 6.45) is 1.13. The van der Waals surface area contributed by atoms with Crippen LogP contribution >= 0.6 is 0 Å². The topological polar surface area (TPSA) is 79.6 Å². The van der Waals surface area contributed by atoms with E-state index in [4.69, 9.17) is 4.74 Å². The second-order valence-electron chi connectivity index (χ2n) is 6.68. The number of aliphatic hydroxyl groups is 1. The molecule has 1 heterocycles. The number of aryl methyl sites for hydroxylation is 2. The Morgan fingerprint density at radius 2 is 1.82 bits per heavy atom. The van der Waals surface area contributed by atoms with Crippen molar-refractivity contribution in [2.24, 2.45) is 4.99 Å². The van der Waals surface area contributed by atoms with Crippen molar-refractivity contribution in [3.8, 4) is 11.6 Å². The minimum atomic E-state index is -0.519. The summed E-state index contributed by atoms with van der Waals surface area (Å²) in [4.78, 5) is 12.6. The minimum Gasteiger partial charge on any atom is -0.438 e. The van der Waals surface area contributed by atoms with Crippen LogP contribution in [0.15, 0.2) is 53.7 Å². The number of aliphatic imine (C=N–C) groups is 1. The van der Waals surface area contributed by atoms with E-state index >= 15 is 0 Å². The van der Waals surface area contributed by atoms with E-state index in [0.717, 1.165) is 33.7 Å². The van der Waals surface area contributed by atoms with Crippen molar-refractivity contribution in [1.82, 2.24) is 9.97 Å². The molecule has 0 aliphatic heterocycles. The number of hydrogen-bond donors (Lipinski definition) is 2. The molecule has 6 heteroatoms. The van der Waals surface area contributed by atoms with Crippen LogP contribution in [0.1, 0.15) is 35.3 Å². The first-order valence-electron chi connectivity index (χ1n) is 9.05. The summed E-state index contributed by atoms with van der Waals surface area (Å²) < 4.78 is 6.01. The molecule has 0 fully saturated rings. The standard InChI is InChI=1S/C22H24N4O2/c1-14-11-18(16(3)27)12-15(2)21(14)28-20-9-10-24-22(26-20)25-19-7-5-17(6-8-19)13-23-4/h5-12,16,27H,4,13H2,1-3H3,(H,24,25,26). The smallest absolute Gasteiger partial charge is 0.230 e. The summed E-state index contributed by atoms with van der Waals surface area (Å²) in [7, 11) is 0. The van der Waals surface area contributed by atoms with Gasteiger partial charge in [-0.05, 0) is 74.0 Å². The molecular weight excluding hydrogens is 352 g/mol. The maximum atomic E-state index is 9.80. The van der Waals surface area contributed by atoms with Crippen LogP contribution in [0, 0.1) is 13.8 Å².